The fraction of sp³-hybridized carbons (Fsp3) is 0.0588. The van der Waals surface area contributed by atoms with Crippen molar-refractivity contribution in [3.8, 4) is 5.75 Å². The molecule has 1 aromatic heterocycles. The summed E-state index contributed by atoms with van der Waals surface area (Å²) >= 11 is 7.44. The number of fused-ring (bicyclic) bond motifs is 1. The lowest BCUT2D eigenvalue weighted by atomic mass is 10.2. The van der Waals surface area contributed by atoms with Gasteiger partial charge in [-0.15, -0.1) is 0 Å². The molecule has 3 aromatic rings. The molecule has 0 unspecified atom stereocenters. The summed E-state index contributed by atoms with van der Waals surface area (Å²) in [6.45, 7) is 0. The van der Waals surface area contributed by atoms with Gasteiger partial charge in [-0.25, -0.2) is 4.98 Å². The van der Waals surface area contributed by atoms with Crippen LogP contribution in [-0.2, 0) is 4.79 Å². The molecule has 0 aliphatic heterocycles. The average molecular weight is 345 g/mol. The minimum absolute atomic E-state index is 0.254. The zero-order valence-corrected chi connectivity index (χ0v) is 13.8. The highest BCUT2D eigenvalue weighted by Gasteiger charge is 2.07. The Kier molecular flexibility index (Phi) is 4.60. The van der Waals surface area contributed by atoms with E-state index >= 15 is 0 Å². The van der Waals surface area contributed by atoms with Gasteiger partial charge in [-0.1, -0.05) is 41.1 Å². The van der Waals surface area contributed by atoms with Gasteiger partial charge in [0.25, 0.3) is 0 Å². The van der Waals surface area contributed by atoms with E-state index in [-0.39, 0.29) is 5.91 Å². The monoisotopic (exact) mass is 344 g/mol. The predicted molar refractivity (Wildman–Crippen MR) is 95.3 cm³/mol. The van der Waals surface area contributed by atoms with Crippen LogP contribution in [0.2, 0.25) is 5.02 Å². The third kappa shape index (κ3) is 3.70. The van der Waals surface area contributed by atoms with Crippen LogP contribution in [0.5, 0.6) is 5.75 Å². The van der Waals surface area contributed by atoms with Gasteiger partial charge in [0.2, 0.25) is 5.91 Å². The first-order valence-corrected chi connectivity index (χ1v) is 8.03. The normalized spacial score (nSPS) is 11.0. The van der Waals surface area contributed by atoms with Crippen molar-refractivity contribution in [1.29, 1.82) is 0 Å². The summed E-state index contributed by atoms with van der Waals surface area (Å²) in [5.74, 6) is 0.508. The van der Waals surface area contributed by atoms with Crippen LogP contribution in [0.1, 0.15) is 5.56 Å². The van der Waals surface area contributed by atoms with Crippen LogP contribution in [0.4, 0.5) is 5.13 Å². The molecule has 0 aliphatic rings. The van der Waals surface area contributed by atoms with Crippen molar-refractivity contribution in [3.05, 3.63) is 59.1 Å². The second-order valence-electron chi connectivity index (χ2n) is 4.70. The molecule has 0 saturated heterocycles. The molecule has 0 saturated carbocycles. The van der Waals surface area contributed by atoms with Crippen LogP contribution in [-0.4, -0.2) is 18.0 Å². The van der Waals surface area contributed by atoms with Crippen molar-refractivity contribution in [2.45, 2.75) is 0 Å². The van der Waals surface area contributed by atoms with Crippen LogP contribution in [0.25, 0.3) is 16.3 Å². The maximum Gasteiger partial charge on any atom is 0.250 e. The number of hydrogen-bond acceptors (Lipinski definition) is 4. The summed E-state index contributed by atoms with van der Waals surface area (Å²) in [7, 11) is 1.62. The van der Waals surface area contributed by atoms with Crippen LogP contribution >= 0.6 is 22.9 Å². The Morgan fingerprint density at radius 1 is 1.30 bits per heavy atom. The quantitative estimate of drug-likeness (QED) is 0.703. The fourth-order valence-electron chi connectivity index (χ4n) is 2.01. The Morgan fingerprint density at radius 2 is 2.13 bits per heavy atom. The predicted octanol–water partition coefficient (Wildman–Crippen LogP) is 4.61. The Bertz CT molecular complexity index is 889. The Balaban J connectivity index is 1.74. The molecule has 3 rings (SSSR count). The number of anilines is 1. The van der Waals surface area contributed by atoms with Crippen molar-refractivity contribution in [1.82, 2.24) is 4.98 Å². The highest BCUT2D eigenvalue weighted by atomic mass is 35.5. The molecule has 0 aliphatic carbocycles. The van der Waals surface area contributed by atoms with E-state index < -0.39 is 0 Å². The van der Waals surface area contributed by atoms with E-state index in [0.29, 0.717) is 10.2 Å². The number of carbonyl (C=O) groups excluding carboxylic acids is 1. The summed E-state index contributed by atoms with van der Waals surface area (Å²) in [4.78, 5) is 16.4. The Labute approximate surface area is 142 Å². The average Bonchev–Trinajstić information content (AvgIpc) is 2.95. The van der Waals surface area contributed by atoms with Gasteiger partial charge in [-0.3, -0.25) is 10.1 Å². The Hall–Kier alpha value is -2.37. The smallest absolute Gasteiger partial charge is 0.250 e. The SMILES string of the molecule is COc1ccc2nc(NC(=O)C=Cc3ccccc3Cl)sc2c1. The van der Waals surface area contributed by atoms with Crippen molar-refractivity contribution in [2.24, 2.45) is 0 Å². The molecule has 1 N–H and O–H groups in total. The Morgan fingerprint density at radius 3 is 2.91 bits per heavy atom. The lowest BCUT2D eigenvalue weighted by molar-refractivity contribution is -0.111. The van der Waals surface area contributed by atoms with Crippen LogP contribution < -0.4 is 10.1 Å². The molecule has 2 aromatic carbocycles. The van der Waals surface area contributed by atoms with E-state index in [1.165, 1.54) is 17.4 Å². The fourth-order valence-corrected chi connectivity index (χ4v) is 3.10. The molecule has 116 valence electrons. The van der Waals surface area contributed by atoms with E-state index in [1.807, 2.05) is 36.4 Å². The number of methoxy groups -OCH3 is 1. The third-order valence-corrected chi connectivity index (χ3v) is 4.42. The van der Waals surface area contributed by atoms with Gasteiger partial charge in [-0.05, 0) is 35.9 Å². The topological polar surface area (TPSA) is 51.2 Å². The molecule has 0 fully saturated rings. The number of hydrogen-bond donors (Lipinski definition) is 1. The first-order valence-electron chi connectivity index (χ1n) is 6.84. The van der Waals surface area contributed by atoms with Crippen molar-refractivity contribution < 1.29 is 9.53 Å². The van der Waals surface area contributed by atoms with Gasteiger partial charge < -0.3 is 4.74 Å². The second kappa shape index (κ2) is 6.81. The summed E-state index contributed by atoms with van der Waals surface area (Å²) in [5.41, 5.74) is 1.61. The molecular formula is C17H13ClN2O2S. The number of carbonyl (C=O) groups is 1. The molecule has 1 heterocycles. The van der Waals surface area contributed by atoms with Gasteiger partial charge >= 0.3 is 0 Å². The van der Waals surface area contributed by atoms with Crippen molar-refractivity contribution >= 4 is 50.3 Å². The number of nitrogens with one attached hydrogen (secondary N) is 1. The minimum atomic E-state index is -0.254. The standard InChI is InChI=1S/C17H13ClN2O2S/c1-22-12-7-8-14-15(10-12)23-17(19-14)20-16(21)9-6-11-4-2-3-5-13(11)18/h2-10H,1H3,(H,19,20,21). The van der Waals surface area contributed by atoms with Gasteiger partial charge in [0, 0.05) is 11.1 Å². The molecule has 0 bridgehead atoms. The first kappa shape index (κ1) is 15.5. The molecule has 0 atom stereocenters. The number of nitrogens with zero attached hydrogens (tertiary/aromatic N) is 1. The van der Waals surface area contributed by atoms with Gasteiger partial charge in [0.1, 0.15) is 5.75 Å². The zero-order chi connectivity index (χ0) is 16.2. The summed E-state index contributed by atoms with van der Waals surface area (Å²) in [6, 6.07) is 12.9. The van der Waals surface area contributed by atoms with E-state index in [0.717, 1.165) is 21.5 Å². The zero-order valence-electron chi connectivity index (χ0n) is 12.2. The van der Waals surface area contributed by atoms with Gasteiger partial charge in [-0.2, -0.15) is 0 Å². The molecular weight excluding hydrogens is 332 g/mol. The lowest BCUT2D eigenvalue weighted by Gasteiger charge is -1.97. The molecule has 1 amide bonds. The van der Waals surface area contributed by atoms with E-state index in [4.69, 9.17) is 16.3 Å². The van der Waals surface area contributed by atoms with E-state index in [2.05, 4.69) is 10.3 Å². The second-order valence-corrected chi connectivity index (χ2v) is 6.13. The summed E-state index contributed by atoms with van der Waals surface area (Å²) < 4.78 is 6.13. The minimum Gasteiger partial charge on any atom is -0.497 e. The number of amides is 1. The third-order valence-electron chi connectivity index (χ3n) is 3.15. The van der Waals surface area contributed by atoms with Gasteiger partial charge in [0.05, 0.1) is 17.3 Å². The summed E-state index contributed by atoms with van der Waals surface area (Å²) in [5, 5.41) is 3.90. The van der Waals surface area contributed by atoms with Crippen LogP contribution in [0.3, 0.4) is 0 Å². The number of rotatable bonds is 4. The van der Waals surface area contributed by atoms with Gasteiger partial charge in [0.15, 0.2) is 5.13 Å². The number of halogens is 1. The van der Waals surface area contributed by atoms with Crippen LogP contribution in [0, 0.1) is 0 Å². The van der Waals surface area contributed by atoms with E-state index in [9.17, 15) is 4.79 Å². The van der Waals surface area contributed by atoms with E-state index in [1.54, 1.807) is 19.3 Å². The molecule has 23 heavy (non-hydrogen) atoms. The number of ether oxygens (including phenoxy) is 1. The molecule has 0 spiro atoms. The largest absolute Gasteiger partial charge is 0.497 e. The molecule has 6 heteroatoms. The molecule has 4 nitrogen and oxygen atoms in total. The molecule has 0 radical (unpaired) electrons. The number of aromatic nitrogens is 1. The summed E-state index contributed by atoms with van der Waals surface area (Å²) in [6.07, 6.45) is 3.11. The number of thiazole rings is 1. The van der Waals surface area contributed by atoms with Crippen molar-refractivity contribution in [3.63, 3.8) is 0 Å². The lowest BCUT2D eigenvalue weighted by Crippen LogP contribution is -2.07. The highest BCUT2D eigenvalue weighted by Crippen LogP contribution is 2.29. The maximum atomic E-state index is 12.0. The highest BCUT2D eigenvalue weighted by molar-refractivity contribution is 7.22. The number of benzene rings is 2. The van der Waals surface area contributed by atoms with Crippen LogP contribution in [0.15, 0.2) is 48.5 Å². The van der Waals surface area contributed by atoms with Crippen molar-refractivity contribution in [2.75, 3.05) is 12.4 Å². The first-order chi connectivity index (χ1) is 11.2. The maximum absolute atomic E-state index is 12.0.